The zero-order valence-corrected chi connectivity index (χ0v) is 22.2. The molecule has 0 radical (unpaired) electrons. The van der Waals surface area contributed by atoms with Gasteiger partial charge in [0.2, 0.25) is 0 Å². The molecule has 3 aromatic heterocycles. The predicted octanol–water partition coefficient (Wildman–Crippen LogP) is 5.95. The Labute approximate surface area is 230 Å². The van der Waals surface area contributed by atoms with Gasteiger partial charge in [0.05, 0.1) is 23.3 Å². The Morgan fingerprint density at radius 3 is 2.70 bits per heavy atom. The van der Waals surface area contributed by atoms with Gasteiger partial charge in [-0.15, -0.1) is 10.2 Å². The zero-order chi connectivity index (χ0) is 27.6. The van der Waals surface area contributed by atoms with Crippen molar-refractivity contribution in [2.75, 3.05) is 5.32 Å². The number of benzene rings is 2. The number of ether oxygens (including phenoxy) is 1. The second kappa shape index (κ2) is 10.7. The Balaban J connectivity index is 1.30. The molecular formula is C30H28FN7O2. The zero-order valence-electron chi connectivity index (χ0n) is 22.2. The summed E-state index contributed by atoms with van der Waals surface area (Å²) in [6, 6.07) is 17.7. The molecule has 1 aliphatic rings. The smallest absolute Gasteiger partial charge is 0.259 e. The van der Waals surface area contributed by atoms with E-state index in [0.717, 1.165) is 24.1 Å². The minimum atomic E-state index is -0.706. The highest BCUT2D eigenvalue weighted by Crippen LogP contribution is 2.39. The highest BCUT2D eigenvalue weighted by molar-refractivity contribution is 6.04. The summed E-state index contributed by atoms with van der Waals surface area (Å²) in [6.45, 7) is 4.28. The Hall–Kier alpha value is -4.86. The average molecular weight is 538 g/mol. The third-order valence-electron chi connectivity index (χ3n) is 6.76. The Kier molecular flexibility index (Phi) is 6.81. The average Bonchev–Trinajstić information content (AvgIpc) is 3.47. The number of nitrogens with zero attached hydrogens (tertiary/aromatic N) is 6. The summed E-state index contributed by atoms with van der Waals surface area (Å²) >= 11 is 0. The lowest BCUT2D eigenvalue weighted by Crippen LogP contribution is -2.16. The summed E-state index contributed by atoms with van der Waals surface area (Å²) in [5.74, 6) is 0.257. The molecule has 2 aromatic carbocycles. The van der Waals surface area contributed by atoms with Crippen LogP contribution in [0.4, 0.5) is 10.2 Å². The summed E-state index contributed by atoms with van der Waals surface area (Å²) in [7, 11) is 0. The molecule has 3 heterocycles. The lowest BCUT2D eigenvalue weighted by Gasteiger charge is -2.15. The molecule has 1 amide bonds. The van der Waals surface area contributed by atoms with Crippen molar-refractivity contribution < 1.29 is 13.9 Å². The molecule has 1 N–H and O–H groups in total. The SMILES string of the molecule is CC(C)n1cnnc1-c1cccc(NC(=O)c2cc(-n3cnc(C4CC4)c3)c(OCc3ccccc3)cc2F)n1. The van der Waals surface area contributed by atoms with Gasteiger partial charge in [0.1, 0.15) is 36.0 Å². The molecule has 6 rings (SSSR count). The van der Waals surface area contributed by atoms with Crippen LogP contribution in [-0.2, 0) is 6.61 Å². The van der Waals surface area contributed by atoms with E-state index in [2.05, 4.69) is 25.5 Å². The largest absolute Gasteiger partial charge is 0.487 e. The monoisotopic (exact) mass is 537 g/mol. The molecule has 1 saturated carbocycles. The molecule has 40 heavy (non-hydrogen) atoms. The fourth-order valence-corrected chi connectivity index (χ4v) is 4.45. The summed E-state index contributed by atoms with van der Waals surface area (Å²) in [4.78, 5) is 22.4. The number of aromatic nitrogens is 6. The molecule has 1 aliphatic carbocycles. The second-order valence-electron chi connectivity index (χ2n) is 10.1. The van der Waals surface area contributed by atoms with E-state index in [4.69, 9.17) is 4.74 Å². The van der Waals surface area contributed by atoms with E-state index in [0.29, 0.717) is 28.9 Å². The van der Waals surface area contributed by atoms with Gasteiger partial charge in [0, 0.05) is 24.2 Å². The summed E-state index contributed by atoms with van der Waals surface area (Å²) in [5.41, 5.74) is 2.84. The van der Waals surface area contributed by atoms with Crippen LogP contribution in [0, 0.1) is 5.82 Å². The first-order chi connectivity index (χ1) is 19.5. The number of amides is 1. The number of rotatable bonds is 9. The fraction of sp³-hybridized carbons (Fsp3) is 0.233. The van der Waals surface area contributed by atoms with E-state index in [9.17, 15) is 4.79 Å². The maximum Gasteiger partial charge on any atom is 0.259 e. The molecule has 0 spiro atoms. The predicted molar refractivity (Wildman–Crippen MR) is 148 cm³/mol. The van der Waals surface area contributed by atoms with Crippen LogP contribution in [0.2, 0.25) is 0 Å². The maximum atomic E-state index is 15.4. The molecule has 0 unspecified atom stereocenters. The van der Waals surface area contributed by atoms with Crippen molar-refractivity contribution >= 4 is 11.7 Å². The van der Waals surface area contributed by atoms with Crippen molar-refractivity contribution in [3.05, 3.63) is 102 Å². The number of nitrogens with one attached hydrogen (secondary N) is 1. The molecule has 9 nitrogen and oxygen atoms in total. The van der Waals surface area contributed by atoms with Crippen LogP contribution < -0.4 is 10.1 Å². The molecule has 202 valence electrons. The van der Waals surface area contributed by atoms with Crippen molar-refractivity contribution in [3.63, 3.8) is 0 Å². The summed E-state index contributed by atoms with van der Waals surface area (Å²) in [5, 5.41) is 10.9. The highest BCUT2D eigenvalue weighted by atomic mass is 19.1. The van der Waals surface area contributed by atoms with Crippen LogP contribution in [0.15, 0.2) is 79.5 Å². The standard InChI is InChI=1S/C30H28FN7O2/c1-19(2)38-18-33-36-29(38)24-9-6-10-28(34-24)35-30(39)22-13-26(37-15-25(32-17-37)21-11-12-21)27(14-23(22)31)40-16-20-7-4-3-5-8-20/h3-10,13-15,17-19,21H,11-12,16H2,1-2H3,(H,34,35,39). The second-order valence-corrected chi connectivity index (χ2v) is 10.1. The van der Waals surface area contributed by atoms with E-state index in [1.54, 1.807) is 35.4 Å². The Morgan fingerprint density at radius 2 is 1.93 bits per heavy atom. The van der Waals surface area contributed by atoms with Gasteiger partial charge in [0.25, 0.3) is 5.91 Å². The van der Waals surface area contributed by atoms with Crippen LogP contribution >= 0.6 is 0 Å². The number of pyridine rings is 1. The van der Waals surface area contributed by atoms with E-state index in [-0.39, 0.29) is 24.0 Å². The van der Waals surface area contributed by atoms with E-state index >= 15 is 4.39 Å². The molecule has 1 fully saturated rings. The molecule has 0 bridgehead atoms. The van der Waals surface area contributed by atoms with Crippen molar-refractivity contribution in [3.8, 4) is 23.0 Å². The van der Waals surface area contributed by atoms with Crippen LogP contribution in [0.5, 0.6) is 5.75 Å². The van der Waals surface area contributed by atoms with E-state index in [1.165, 1.54) is 12.1 Å². The van der Waals surface area contributed by atoms with Gasteiger partial charge in [-0.3, -0.25) is 4.79 Å². The number of imidazole rings is 1. The molecule has 0 atom stereocenters. The van der Waals surface area contributed by atoms with Crippen molar-refractivity contribution in [2.45, 2.75) is 45.3 Å². The minimum absolute atomic E-state index is 0.129. The molecule has 0 saturated heterocycles. The van der Waals surface area contributed by atoms with Gasteiger partial charge in [0.15, 0.2) is 5.82 Å². The first kappa shape index (κ1) is 25.4. The van der Waals surface area contributed by atoms with Gasteiger partial charge < -0.3 is 19.2 Å². The normalized spacial score (nSPS) is 13.0. The van der Waals surface area contributed by atoms with Gasteiger partial charge in [-0.05, 0) is 50.5 Å². The number of anilines is 1. The highest BCUT2D eigenvalue weighted by Gasteiger charge is 2.27. The van der Waals surface area contributed by atoms with Gasteiger partial charge >= 0.3 is 0 Å². The quantitative estimate of drug-likeness (QED) is 0.249. The molecular weight excluding hydrogens is 509 g/mol. The fourth-order valence-electron chi connectivity index (χ4n) is 4.45. The summed E-state index contributed by atoms with van der Waals surface area (Å²) < 4.78 is 25.1. The number of carbonyl (C=O) groups is 1. The van der Waals surface area contributed by atoms with Gasteiger partial charge in [-0.2, -0.15) is 0 Å². The molecule has 5 aromatic rings. The van der Waals surface area contributed by atoms with Crippen LogP contribution in [-0.4, -0.2) is 35.2 Å². The van der Waals surface area contributed by atoms with Gasteiger partial charge in [-0.25, -0.2) is 14.4 Å². The number of hydrogen-bond donors (Lipinski definition) is 1. The topological polar surface area (TPSA) is 99.8 Å². The third kappa shape index (κ3) is 5.33. The van der Waals surface area contributed by atoms with Crippen molar-refractivity contribution in [1.82, 2.24) is 29.3 Å². The van der Waals surface area contributed by atoms with Crippen LogP contribution in [0.25, 0.3) is 17.2 Å². The third-order valence-corrected chi connectivity index (χ3v) is 6.76. The Morgan fingerprint density at radius 1 is 1.10 bits per heavy atom. The maximum absolute atomic E-state index is 15.4. The van der Waals surface area contributed by atoms with Crippen LogP contribution in [0.1, 0.15) is 60.3 Å². The lowest BCUT2D eigenvalue weighted by atomic mass is 10.1. The van der Waals surface area contributed by atoms with Crippen LogP contribution in [0.3, 0.4) is 0 Å². The number of hydrogen-bond acceptors (Lipinski definition) is 6. The van der Waals surface area contributed by atoms with Crippen molar-refractivity contribution in [1.29, 1.82) is 0 Å². The lowest BCUT2D eigenvalue weighted by molar-refractivity contribution is 0.102. The van der Waals surface area contributed by atoms with Crippen molar-refractivity contribution in [2.24, 2.45) is 0 Å². The number of halogens is 1. The molecule has 0 aliphatic heterocycles. The summed E-state index contributed by atoms with van der Waals surface area (Å²) in [6.07, 6.45) is 7.43. The van der Waals surface area contributed by atoms with Gasteiger partial charge in [-0.1, -0.05) is 36.4 Å². The first-order valence-corrected chi connectivity index (χ1v) is 13.2. The molecule has 10 heteroatoms. The van der Waals surface area contributed by atoms with E-state index in [1.807, 2.05) is 54.9 Å². The minimum Gasteiger partial charge on any atom is -0.487 e. The first-order valence-electron chi connectivity index (χ1n) is 13.2. The number of carbonyl (C=O) groups excluding carboxylic acids is 1. The Bertz CT molecular complexity index is 1660. The van der Waals surface area contributed by atoms with E-state index < -0.39 is 11.7 Å².